The first-order chi connectivity index (χ1) is 3.80. The fraction of sp³-hybridized carbons (Fsp3) is 0.400. The Bertz CT molecular complexity index is 141. The molecule has 1 heterocycles. The Morgan fingerprint density at radius 1 is 1.75 bits per heavy atom. The Morgan fingerprint density at radius 3 is 2.88 bits per heavy atom. The molecule has 0 saturated carbocycles. The second-order valence-corrected chi connectivity index (χ2v) is 2.45. The van der Waals surface area contributed by atoms with Crippen molar-refractivity contribution in [2.45, 2.75) is 6.42 Å². The molecule has 0 atom stereocenters. The van der Waals surface area contributed by atoms with Crippen molar-refractivity contribution in [1.82, 2.24) is 5.32 Å². The standard InChI is InChI=1S/C5H6BrNO/c6-4-2-1-3-7-5(4)8/h2H,1,3H2,(H,7,8). The van der Waals surface area contributed by atoms with Crippen LogP contribution in [0.1, 0.15) is 6.42 Å². The molecule has 0 fully saturated rings. The van der Waals surface area contributed by atoms with Crippen molar-refractivity contribution < 1.29 is 4.79 Å². The molecule has 0 radical (unpaired) electrons. The molecule has 0 spiro atoms. The second-order valence-electron chi connectivity index (χ2n) is 1.60. The van der Waals surface area contributed by atoms with Crippen LogP contribution >= 0.6 is 15.9 Å². The van der Waals surface area contributed by atoms with E-state index < -0.39 is 0 Å². The van der Waals surface area contributed by atoms with Crippen LogP contribution in [-0.4, -0.2) is 12.5 Å². The Kier molecular flexibility index (Phi) is 1.68. The summed E-state index contributed by atoms with van der Waals surface area (Å²) in [4.78, 5) is 10.6. The Labute approximate surface area is 56.1 Å². The van der Waals surface area contributed by atoms with Crippen molar-refractivity contribution in [2.75, 3.05) is 6.54 Å². The lowest BCUT2D eigenvalue weighted by molar-refractivity contribution is -0.117. The number of rotatable bonds is 0. The Morgan fingerprint density at radius 2 is 2.50 bits per heavy atom. The summed E-state index contributed by atoms with van der Waals surface area (Å²) < 4.78 is 0.656. The van der Waals surface area contributed by atoms with Gasteiger partial charge in [0.1, 0.15) is 0 Å². The van der Waals surface area contributed by atoms with E-state index in [4.69, 9.17) is 0 Å². The lowest BCUT2D eigenvalue weighted by Crippen LogP contribution is -2.27. The van der Waals surface area contributed by atoms with Gasteiger partial charge < -0.3 is 5.32 Å². The van der Waals surface area contributed by atoms with Crippen molar-refractivity contribution in [3.63, 3.8) is 0 Å². The van der Waals surface area contributed by atoms with Gasteiger partial charge in [0, 0.05) is 6.54 Å². The molecular weight excluding hydrogens is 170 g/mol. The van der Waals surface area contributed by atoms with E-state index in [9.17, 15) is 4.79 Å². The molecule has 0 bridgehead atoms. The minimum absolute atomic E-state index is 0.00347. The van der Waals surface area contributed by atoms with Crippen LogP contribution < -0.4 is 5.32 Å². The lowest BCUT2D eigenvalue weighted by atomic mass is 10.3. The molecule has 44 valence electrons. The average molecular weight is 176 g/mol. The molecule has 0 aromatic carbocycles. The number of hydrogen-bond acceptors (Lipinski definition) is 1. The van der Waals surface area contributed by atoms with Gasteiger partial charge >= 0.3 is 0 Å². The first-order valence-electron chi connectivity index (χ1n) is 2.44. The highest BCUT2D eigenvalue weighted by atomic mass is 79.9. The highest BCUT2D eigenvalue weighted by Crippen LogP contribution is 2.08. The number of carbonyl (C=O) groups excluding carboxylic acids is 1. The summed E-state index contributed by atoms with van der Waals surface area (Å²) >= 11 is 3.10. The van der Waals surface area contributed by atoms with Gasteiger partial charge in [-0.3, -0.25) is 4.79 Å². The fourth-order valence-electron chi connectivity index (χ4n) is 0.562. The predicted molar refractivity (Wildman–Crippen MR) is 34.6 cm³/mol. The van der Waals surface area contributed by atoms with Crippen LogP contribution in [0.15, 0.2) is 10.6 Å². The van der Waals surface area contributed by atoms with Crippen LogP contribution in [0.4, 0.5) is 0 Å². The summed E-state index contributed by atoms with van der Waals surface area (Å²) in [5.41, 5.74) is 0. The van der Waals surface area contributed by atoms with E-state index in [2.05, 4.69) is 21.2 Å². The summed E-state index contributed by atoms with van der Waals surface area (Å²) in [6.45, 7) is 0.772. The topological polar surface area (TPSA) is 29.1 Å². The zero-order valence-electron chi connectivity index (χ0n) is 4.28. The molecule has 8 heavy (non-hydrogen) atoms. The van der Waals surface area contributed by atoms with E-state index in [1.54, 1.807) is 0 Å². The van der Waals surface area contributed by atoms with Crippen molar-refractivity contribution in [1.29, 1.82) is 0 Å². The zero-order valence-corrected chi connectivity index (χ0v) is 5.86. The monoisotopic (exact) mass is 175 g/mol. The summed E-state index contributed by atoms with van der Waals surface area (Å²) in [6, 6.07) is 0. The highest BCUT2D eigenvalue weighted by molar-refractivity contribution is 9.12. The molecule has 0 saturated heterocycles. The van der Waals surface area contributed by atoms with Crippen molar-refractivity contribution >= 4 is 21.8 Å². The van der Waals surface area contributed by atoms with E-state index in [0.717, 1.165) is 13.0 Å². The van der Waals surface area contributed by atoms with Gasteiger partial charge in [0.15, 0.2) is 0 Å². The molecular formula is C5H6BrNO. The maximum absolute atomic E-state index is 10.6. The Balaban J connectivity index is 2.67. The van der Waals surface area contributed by atoms with Gasteiger partial charge in [0.2, 0.25) is 0 Å². The van der Waals surface area contributed by atoms with E-state index in [0.29, 0.717) is 4.48 Å². The van der Waals surface area contributed by atoms with E-state index in [-0.39, 0.29) is 5.91 Å². The second kappa shape index (κ2) is 2.31. The van der Waals surface area contributed by atoms with Gasteiger partial charge in [-0.1, -0.05) is 6.08 Å². The number of nitrogens with one attached hydrogen (secondary N) is 1. The van der Waals surface area contributed by atoms with Gasteiger partial charge in [0.05, 0.1) is 4.48 Å². The fourth-order valence-corrected chi connectivity index (χ4v) is 0.931. The third kappa shape index (κ3) is 1.10. The van der Waals surface area contributed by atoms with Crippen molar-refractivity contribution in [3.05, 3.63) is 10.6 Å². The van der Waals surface area contributed by atoms with Gasteiger partial charge in [0.25, 0.3) is 5.91 Å². The smallest absolute Gasteiger partial charge is 0.257 e. The number of hydrogen-bond donors (Lipinski definition) is 1. The van der Waals surface area contributed by atoms with Crippen LogP contribution in [0.25, 0.3) is 0 Å². The molecule has 3 heteroatoms. The summed E-state index contributed by atoms with van der Waals surface area (Å²) in [5, 5.41) is 2.68. The highest BCUT2D eigenvalue weighted by Gasteiger charge is 2.07. The van der Waals surface area contributed by atoms with Crippen molar-refractivity contribution in [3.8, 4) is 0 Å². The molecule has 0 unspecified atom stereocenters. The zero-order chi connectivity index (χ0) is 5.98. The molecule has 0 aromatic rings. The Hall–Kier alpha value is -0.310. The van der Waals surface area contributed by atoms with E-state index >= 15 is 0 Å². The number of halogens is 1. The predicted octanol–water partition coefficient (Wildman–Crippen LogP) is 0.785. The summed E-state index contributed by atoms with van der Waals surface area (Å²) in [7, 11) is 0. The molecule has 1 rings (SSSR count). The first-order valence-corrected chi connectivity index (χ1v) is 3.24. The van der Waals surface area contributed by atoms with Gasteiger partial charge in [-0.15, -0.1) is 0 Å². The molecule has 2 nitrogen and oxygen atoms in total. The molecule has 1 aliphatic rings. The molecule has 1 N–H and O–H groups in total. The quantitative estimate of drug-likeness (QED) is 0.580. The van der Waals surface area contributed by atoms with Crippen LogP contribution in [0.2, 0.25) is 0 Å². The average Bonchev–Trinajstić information content (AvgIpc) is 1.77. The molecule has 1 amide bonds. The minimum atomic E-state index is -0.00347. The molecule has 1 aliphatic heterocycles. The first kappa shape index (κ1) is 5.82. The van der Waals surface area contributed by atoms with Crippen LogP contribution in [0, 0.1) is 0 Å². The van der Waals surface area contributed by atoms with E-state index in [1.165, 1.54) is 0 Å². The van der Waals surface area contributed by atoms with Crippen LogP contribution in [-0.2, 0) is 4.79 Å². The third-order valence-electron chi connectivity index (χ3n) is 0.970. The minimum Gasteiger partial charge on any atom is -0.351 e. The van der Waals surface area contributed by atoms with E-state index in [1.807, 2.05) is 6.08 Å². The largest absolute Gasteiger partial charge is 0.351 e. The lowest BCUT2D eigenvalue weighted by Gasteiger charge is -2.06. The maximum atomic E-state index is 10.6. The third-order valence-corrected chi connectivity index (χ3v) is 1.65. The van der Waals surface area contributed by atoms with Crippen molar-refractivity contribution in [2.24, 2.45) is 0 Å². The molecule has 0 aromatic heterocycles. The van der Waals surface area contributed by atoms with Gasteiger partial charge in [-0.05, 0) is 22.4 Å². The van der Waals surface area contributed by atoms with Gasteiger partial charge in [-0.2, -0.15) is 0 Å². The van der Waals surface area contributed by atoms with Crippen LogP contribution in [0.3, 0.4) is 0 Å². The van der Waals surface area contributed by atoms with Gasteiger partial charge in [-0.25, -0.2) is 0 Å². The molecule has 0 aliphatic carbocycles. The number of carbonyl (C=O) groups is 1. The maximum Gasteiger partial charge on any atom is 0.257 e. The number of amides is 1. The SMILES string of the molecule is O=C1NCCC=C1Br. The summed E-state index contributed by atoms with van der Waals surface area (Å²) in [5.74, 6) is -0.00347. The van der Waals surface area contributed by atoms with Crippen LogP contribution in [0.5, 0.6) is 0 Å². The summed E-state index contributed by atoms with van der Waals surface area (Å²) in [6.07, 6.45) is 2.81. The normalized spacial score (nSPS) is 19.6.